The first-order chi connectivity index (χ1) is 10.3. The second kappa shape index (κ2) is 6.13. The van der Waals surface area contributed by atoms with E-state index >= 15 is 0 Å². The molecule has 5 heteroatoms. The summed E-state index contributed by atoms with van der Waals surface area (Å²) in [5.41, 5.74) is 1.47. The van der Waals surface area contributed by atoms with Crippen LogP contribution < -0.4 is 4.90 Å². The normalized spacial score (nSPS) is 19.6. The Kier molecular flexibility index (Phi) is 4.05. The fraction of sp³-hybridized carbons (Fsp3) is 0.562. The van der Waals surface area contributed by atoms with Crippen LogP contribution in [0.1, 0.15) is 31.4 Å². The number of carbonyl (C=O) groups is 1. The molecule has 5 nitrogen and oxygen atoms in total. The van der Waals surface area contributed by atoms with Crippen LogP contribution >= 0.6 is 0 Å². The fourth-order valence-electron chi connectivity index (χ4n) is 3.26. The van der Waals surface area contributed by atoms with Gasteiger partial charge < -0.3 is 9.80 Å². The van der Waals surface area contributed by atoms with Crippen molar-refractivity contribution in [3.8, 4) is 6.07 Å². The highest BCUT2D eigenvalue weighted by molar-refractivity contribution is 5.79. The summed E-state index contributed by atoms with van der Waals surface area (Å²) >= 11 is 0. The fourth-order valence-corrected chi connectivity index (χ4v) is 3.26. The Morgan fingerprint density at radius 2 is 1.90 bits per heavy atom. The molecule has 0 bridgehead atoms. The summed E-state index contributed by atoms with van der Waals surface area (Å²) in [5, 5.41) is 8.77. The molecule has 1 aromatic heterocycles. The molecule has 2 aliphatic rings. The number of nitrogens with zero attached hydrogens (tertiary/aromatic N) is 4. The zero-order valence-corrected chi connectivity index (χ0v) is 12.2. The van der Waals surface area contributed by atoms with Crippen molar-refractivity contribution in [2.24, 2.45) is 5.92 Å². The van der Waals surface area contributed by atoms with Gasteiger partial charge in [0.15, 0.2) is 0 Å². The molecule has 0 N–H and O–H groups in total. The van der Waals surface area contributed by atoms with Crippen LogP contribution in [0.5, 0.6) is 0 Å². The topological polar surface area (TPSA) is 60.2 Å². The van der Waals surface area contributed by atoms with E-state index in [1.165, 1.54) is 12.8 Å². The van der Waals surface area contributed by atoms with Crippen molar-refractivity contribution in [2.45, 2.75) is 25.7 Å². The maximum Gasteiger partial charge on any atom is 0.225 e. The van der Waals surface area contributed by atoms with Crippen LogP contribution in [-0.2, 0) is 4.79 Å². The molecule has 3 rings (SSSR count). The monoisotopic (exact) mass is 284 g/mol. The third kappa shape index (κ3) is 2.99. The van der Waals surface area contributed by atoms with Gasteiger partial charge in [-0.05, 0) is 25.0 Å². The number of rotatable bonds is 2. The van der Waals surface area contributed by atoms with Crippen molar-refractivity contribution < 1.29 is 4.79 Å². The molecule has 2 fully saturated rings. The minimum absolute atomic E-state index is 0.271. The Bertz CT molecular complexity index is 534. The number of aromatic nitrogens is 1. The standard InChI is InChI=1S/C16H20N4O/c17-11-14-5-6-15(12-18-14)19-7-9-20(10-8-19)16(21)13-3-1-2-4-13/h5-6,12-13H,1-4,7-10H2. The quantitative estimate of drug-likeness (QED) is 0.830. The lowest BCUT2D eigenvalue weighted by molar-refractivity contribution is -0.135. The summed E-state index contributed by atoms with van der Waals surface area (Å²) in [4.78, 5) is 20.7. The Labute approximate surface area is 125 Å². The van der Waals surface area contributed by atoms with Gasteiger partial charge in [-0.2, -0.15) is 5.26 Å². The Balaban J connectivity index is 1.57. The number of hydrogen-bond donors (Lipinski definition) is 0. The zero-order chi connectivity index (χ0) is 14.7. The van der Waals surface area contributed by atoms with Crippen LogP contribution in [0.2, 0.25) is 0 Å². The van der Waals surface area contributed by atoms with Gasteiger partial charge in [-0.25, -0.2) is 4.98 Å². The third-order valence-corrected chi connectivity index (χ3v) is 4.52. The maximum atomic E-state index is 12.4. The third-order valence-electron chi connectivity index (χ3n) is 4.52. The second-order valence-corrected chi connectivity index (χ2v) is 5.81. The molecule has 0 aromatic carbocycles. The molecule has 1 saturated heterocycles. The van der Waals surface area contributed by atoms with E-state index in [1.54, 1.807) is 12.3 Å². The van der Waals surface area contributed by atoms with Crippen molar-refractivity contribution in [3.05, 3.63) is 24.0 Å². The van der Waals surface area contributed by atoms with Gasteiger partial charge in [0, 0.05) is 32.1 Å². The summed E-state index contributed by atoms with van der Waals surface area (Å²) in [6, 6.07) is 5.70. The van der Waals surface area contributed by atoms with Crippen molar-refractivity contribution in [2.75, 3.05) is 31.1 Å². The molecule has 0 spiro atoms. The second-order valence-electron chi connectivity index (χ2n) is 5.81. The summed E-state index contributed by atoms with van der Waals surface area (Å²) in [7, 11) is 0. The van der Waals surface area contributed by atoms with Gasteiger partial charge >= 0.3 is 0 Å². The zero-order valence-electron chi connectivity index (χ0n) is 12.2. The Hall–Kier alpha value is -2.09. The first kappa shape index (κ1) is 13.9. The van der Waals surface area contributed by atoms with E-state index in [2.05, 4.69) is 9.88 Å². The van der Waals surface area contributed by atoms with Crippen LogP contribution in [0.15, 0.2) is 18.3 Å². The van der Waals surface area contributed by atoms with E-state index in [-0.39, 0.29) is 5.92 Å². The van der Waals surface area contributed by atoms with Gasteiger partial charge in [0.25, 0.3) is 0 Å². The number of carbonyl (C=O) groups excluding carboxylic acids is 1. The molecular formula is C16H20N4O. The van der Waals surface area contributed by atoms with Crippen molar-refractivity contribution >= 4 is 11.6 Å². The van der Waals surface area contributed by atoms with E-state index in [1.807, 2.05) is 17.0 Å². The van der Waals surface area contributed by atoms with Gasteiger partial charge in [-0.15, -0.1) is 0 Å². The van der Waals surface area contributed by atoms with Gasteiger partial charge in [-0.3, -0.25) is 4.79 Å². The Morgan fingerprint density at radius 1 is 1.19 bits per heavy atom. The molecule has 0 radical (unpaired) electrons. The van der Waals surface area contributed by atoms with Crippen molar-refractivity contribution in [1.82, 2.24) is 9.88 Å². The maximum absolute atomic E-state index is 12.4. The summed E-state index contributed by atoms with van der Waals surface area (Å²) in [6.07, 6.45) is 6.28. The lowest BCUT2D eigenvalue weighted by atomic mass is 10.1. The molecule has 1 aliphatic heterocycles. The number of anilines is 1. The molecule has 1 aliphatic carbocycles. The van der Waals surface area contributed by atoms with Gasteiger partial charge in [0.1, 0.15) is 11.8 Å². The molecule has 0 unspecified atom stereocenters. The highest BCUT2D eigenvalue weighted by Crippen LogP contribution is 2.27. The van der Waals surface area contributed by atoms with E-state index in [0.29, 0.717) is 11.6 Å². The van der Waals surface area contributed by atoms with Crippen LogP contribution in [0.4, 0.5) is 5.69 Å². The van der Waals surface area contributed by atoms with Gasteiger partial charge in [0.05, 0.1) is 11.9 Å². The first-order valence-corrected chi connectivity index (χ1v) is 7.68. The molecule has 21 heavy (non-hydrogen) atoms. The number of amides is 1. The van der Waals surface area contributed by atoms with Crippen LogP contribution in [0.25, 0.3) is 0 Å². The minimum Gasteiger partial charge on any atom is -0.367 e. The van der Waals surface area contributed by atoms with Crippen molar-refractivity contribution in [1.29, 1.82) is 5.26 Å². The first-order valence-electron chi connectivity index (χ1n) is 7.68. The molecule has 1 saturated carbocycles. The predicted octanol–water partition coefficient (Wildman–Crippen LogP) is 1.79. The summed E-state index contributed by atoms with van der Waals surface area (Å²) in [6.45, 7) is 3.25. The molecule has 1 amide bonds. The van der Waals surface area contributed by atoms with Crippen LogP contribution in [0.3, 0.4) is 0 Å². The smallest absolute Gasteiger partial charge is 0.225 e. The highest BCUT2D eigenvalue weighted by atomic mass is 16.2. The summed E-state index contributed by atoms with van der Waals surface area (Å²) < 4.78 is 0. The molecular weight excluding hydrogens is 264 g/mol. The van der Waals surface area contributed by atoms with Crippen molar-refractivity contribution in [3.63, 3.8) is 0 Å². The molecule has 0 atom stereocenters. The SMILES string of the molecule is N#Cc1ccc(N2CCN(C(=O)C3CCCC3)CC2)cn1. The minimum atomic E-state index is 0.271. The number of pyridine rings is 1. The summed E-state index contributed by atoms with van der Waals surface area (Å²) in [5.74, 6) is 0.623. The van der Waals surface area contributed by atoms with Crippen LogP contribution in [0, 0.1) is 17.2 Å². The number of hydrogen-bond acceptors (Lipinski definition) is 4. The van der Waals surface area contributed by atoms with E-state index in [9.17, 15) is 4.79 Å². The molecule has 110 valence electrons. The number of piperazine rings is 1. The molecule has 1 aromatic rings. The number of nitriles is 1. The van der Waals surface area contributed by atoms with Crippen LogP contribution in [-0.4, -0.2) is 42.0 Å². The van der Waals surface area contributed by atoms with Gasteiger partial charge in [-0.1, -0.05) is 12.8 Å². The van der Waals surface area contributed by atoms with E-state index in [0.717, 1.165) is 44.7 Å². The average Bonchev–Trinajstić information content (AvgIpc) is 3.09. The predicted molar refractivity (Wildman–Crippen MR) is 79.7 cm³/mol. The van der Waals surface area contributed by atoms with E-state index < -0.39 is 0 Å². The highest BCUT2D eigenvalue weighted by Gasteiger charge is 2.29. The lowest BCUT2D eigenvalue weighted by Gasteiger charge is -2.37. The van der Waals surface area contributed by atoms with E-state index in [4.69, 9.17) is 5.26 Å². The largest absolute Gasteiger partial charge is 0.367 e. The van der Waals surface area contributed by atoms with Gasteiger partial charge in [0.2, 0.25) is 5.91 Å². The molecule has 2 heterocycles. The average molecular weight is 284 g/mol. The Morgan fingerprint density at radius 3 is 2.48 bits per heavy atom. The lowest BCUT2D eigenvalue weighted by Crippen LogP contribution is -2.50.